The molecule has 1 aliphatic heterocycles. The van der Waals surface area contributed by atoms with E-state index in [1.54, 1.807) is 0 Å². The van der Waals surface area contributed by atoms with Crippen molar-refractivity contribution in [3.63, 3.8) is 0 Å². The molecule has 2 N–H and O–H groups in total. The molecule has 10 heavy (non-hydrogen) atoms. The summed E-state index contributed by atoms with van der Waals surface area (Å²) >= 11 is 0. The van der Waals surface area contributed by atoms with Gasteiger partial charge in [-0.3, -0.25) is 0 Å². The minimum absolute atomic E-state index is 0.920. The normalized spacial score (nSPS) is 19.7. The maximum Gasteiger partial charge on any atom is 0.0319 e. The number of hydrogen-bond acceptors (Lipinski definition) is 3. The molecule has 0 bridgehead atoms. The first-order chi connectivity index (χ1) is 4.79. The summed E-state index contributed by atoms with van der Waals surface area (Å²) in [6.45, 7) is 2.16. The zero-order chi connectivity index (χ0) is 7.98. The molecule has 0 saturated carbocycles. The van der Waals surface area contributed by atoms with Gasteiger partial charge in [-0.2, -0.15) is 0 Å². The average molecular weight is 144 g/mol. The number of aliphatic hydroxyl groups excluding tert-OH is 1. The Balaban J connectivity index is 0.000000371. The summed E-state index contributed by atoms with van der Waals surface area (Å²) in [4.78, 5) is 2.26. The standard InChI is InChI=1S/C6H12N2.CH4O/c1-8-4-2-6(7)3-5-8;1-2/h7H,2-5H2,1H3;2H,1H3. The van der Waals surface area contributed by atoms with Gasteiger partial charge in [0.1, 0.15) is 0 Å². The first-order valence-corrected chi connectivity index (χ1v) is 3.48. The van der Waals surface area contributed by atoms with E-state index in [1.807, 2.05) is 0 Å². The van der Waals surface area contributed by atoms with E-state index in [-0.39, 0.29) is 0 Å². The minimum atomic E-state index is 0.920. The number of likely N-dealkylation sites (tertiary alicyclic amines) is 1. The van der Waals surface area contributed by atoms with Gasteiger partial charge < -0.3 is 15.4 Å². The minimum Gasteiger partial charge on any atom is -0.400 e. The van der Waals surface area contributed by atoms with Crippen molar-refractivity contribution in [1.29, 1.82) is 5.41 Å². The summed E-state index contributed by atoms with van der Waals surface area (Å²) in [5.41, 5.74) is 0.920. The van der Waals surface area contributed by atoms with Crippen molar-refractivity contribution in [3.05, 3.63) is 0 Å². The summed E-state index contributed by atoms with van der Waals surface area (Å²) in [6.07, 6.45) is 1.97. The molecule has 0 aromatic rings. The van der Waals surface area contributed by atoms with Crippen molar-refractivity contribution in [1.82, 2.24) is 4.90 Å². The van der Waals surface area contributed by atoms with Crippen molar-refractivity contribution < 1.29 is 5.11 Å². The van der Waals surface area contributed by atoms with Crippen molar-refractivity contribution in [3.8, 4) is 0 Å². The lowest BCUT2D eigenvalue weighted by molar-refractivity contribution is 0.335. The van der Waals surface area contributed by atoms with Crippen LogP contribution < -0.4 is 0 Å². The predicted molar refractivity (Wildman–Crippen MR) is 42.6 cm³/mol. The van der Waals surface area contributed by atoms with E-state index >= 15 is 0 Å². The topological polar surface area (TPSA) is 47.3 Å². The van der Waals surface area contributed by atoms with Gasteiger partial charge in [0.25, 0.3) is 0 Å². The Kier molecular flexibility index (Phi) is 5.16. The highest BCUT2D eigenvalue weighted by Crippen LogP contribution is 2.01. The lowest BCUT2D eigenvalue weighted by atomic mass is 10.1. The fourth-order valence-corrected chi connectivity index (χ4v) is 0.888. The van der Waals surface area contributed by atoms with E-state index in [0.29, 0.717) is 0 Å². The van der Waals surface area contributed by atoms with Gasteiger partial charge in [0, 0.05) is 25.9 Å². The van der Waals surface area contributed by atoms with Crippen LogP contribution in [-0.2, 0) is 0 Å². The summed E-state index contributed by atoms with van der Waals surface area (Å²) < 4.78 is 0. The second-order valence-corrected chi connectivity index (χ2v) is 2.41. The maximum atomic E-state index is 7.25. The summed E-state index contributed by atoms with van der Waals surface area (Å²) in [7, 11) is 3.10. The van der Waals surface area contributed by atoms with Gasteiger partial charge in [0.05, 0.1) is 0 Å². The molecule has 1 saturated heterocycles. The SMILES string of the molecule is CN1CCC(=N)CC1.CO. The van der Waals surface area contributed by atoms with Crippen LogP contribution in [0.5, 0.6) is 0 Å². The van der Waals surface area contributed by atoms with E-state index in [2.05, 4.69) is 11.9 Å². The number of nitrogens with one attached hydrogen (secondary N) is 1. The molecule has 60 valence electrons. The Morgan fingerprint density at radius 2 is 1.70 bits per heavy atom. The van der Waals surface area contributed by atoms with Crippen LogP contribution in [0, 0.1) is 5.41 Å². The second kappa shape index (κ2) is 5.38. The third-order valence-electron chi connectivity index (χ3n) is 1.59. The molecule has 0 aliphatic carbocycles. The Morgan fingerprint density at radius 1 is 1.30 bits per heavy atom. The van der Waals surface area contributed by atoms with Crippen LogP contribution in [0.15, 0.2) is 0 Å². The van der Waals surface area contributed by atoms with Gasteiger partial charge in [-0.1, -0.05) is 0 Å². The lowest BCUT2D eigenvalue weighted by Gasteiger charge is -2.21. The van der Waals surface area contributed by atoms with Crippen LogP contribution in [-0.4, -0.2) is 43.0 Å². The molecule has 1 rings (SSSR count). The van der Waals surface area contributed by atoms with Crippen molar-refractivity contribution in [2.75, 3.05) is 27.2 Å². The molecule has 3 nitrogen and oxygen atoms in total. The summed E-state index contributed by atoms with van der Waals surface area (Å²) in [5, 5.41) is 14.3. The third-order valence-corrected chi connectivity index (χ3v) is 1.59. The monoisotopic (exact) mass is 144 g/mol. The van der Waals surface area contributed by atoms with Gasteiger partial charge in [0.15, 0.2) is 0 Å². The third kappa shape index (κ3) is 3.58. The zero-order valence-corrected chi connectivity index (χ0v) is 6.72. The van der Waals surface area contributed by atoms with Gasteiger partial charge in [-0.05, 0) is 19.9 Å². The van der Waals surface area contributed by atoms with Crippen LogP contribution in [0.25, 0.3) is 0 Å². The highest BCUT2D eigenvalue weighted by atomic mass is 16.2. The van der Waals surface area contributed by atoms with Crippen LogP contribution in [0.4, 0.5) is 0 Å². The van der Waals surface area contributed by atoms with Gasteiger partial charge in [-0.25, -0.2) is 0 Å². The largest absolute Gasteiger partial charge is 0.400 e. The number of hydrogen-bond donors (Lipinski definition) is 2. The van der Waals surface area contributed by atoms with E-state index < -0.39 is 0 Å². The molecule has 1 aliphatic rings. The van der Waals surface area contributed by atoms with E-state index in [0.717, 1.165) is 38.8 Å². The van der Waals surface area contributed by atoms with Crippen LogP contribution in [0.1, 0.15) is 12.8 Å². The molecule has 0 aromatic carbocycles. The molecule has 3 heteroatoms. The highest BCUT2D eigenvalue weighted by Gasteiger charge is 2.07. The molecule has 1 fully saturated rings. The van der Waals surface area contributed by atoms with Crippen molar-refractivity contribution in [2.24, 2.45) is 0 Å². The number of nitrogens with zero attached hydrogens (tertiary/aromatic N) is 1. The Bertz CT molecular complexity index is 93.8. The van der Waals surface area contributed by atoms with E-state index in [1.165, 1.54) is 0 Å². The van der Waals surface area contributed by atoms with Crippen molar-refractivity contribution in [2.45, 2.75) is 12.8 Å². The predicted octanol–water partition coefficient (Wildman–Crippen LogP) is 0.340. The molecule has 0 atom stereocenters. The second-order valence-electron chi connectivity index (χ2n) is 2.41. The smallest absolute Gasteiger partial charge is 0.0319 e. The van der Waals surface area contributed by atoms with E-state index in [9.17, 15) is 0 Å². The van der Waals surface area contributed by atoms with Crippen LogP contribution in [0.3, 0.4) is 0 Å². The summed E-state index contributed by atoms with van der Waals surface area (Å²) in [6, 6.07) is 0. The number of aliphatic hydroxyl groups is 1. The van der Waals surface area contributed by atoms with E-state index in [4.69, 9.17) is 10.5 Å². The molecule has 0 unspecified atom stereocenters. The lowest BCUT2D eigenvalue weighted by Crippen LogP contribution is -2.29. The van der Waals surface area contributed by atoms with Crippen LogP contribution >= 0.6 is 0 Å². The number of rotatable bonds is 0. The maximum absolute atomic E-state index is 7.25. The fourth-order valence-electron chi connectivity index (χ4n) is 0.888. The van der Waals surface area contributed by atoms with Crippen molar-refractivity contribution >= 4 is 5.71 Å². The molecule has 1 heterocycles. The Hall–Kier alpha value is -0.410. The Labute approximate surface area is 62.2 Å². The molecule has 0 aromatic heterocycles. The number of piperidine rings is 1. The molecular weight excluding hydrogens is 128 g/mol. The fraction of sp³-hybridized carbons (Fsp3) is 0.857. The van der Waals surface area contributed by atoms with Gasteiger partial charge >= 0.3 is 0 Å². The Morgan fingerprint density at radius 3 is 2.00 bits per heavy atom. The molecule has 0 spiro atoms. The molecular formula is C7H16N2O. The zero-order valence-electron chi connectivity index (χ0n) is 6.72. The first kappa shape index (κ1) is 9.59. The molecule has 0 radical (unpaired) electrons. The van der Waals surface area contributed by atoms with Gasteiger partial charge in [-0.15, -0.1) is 0 Å². The average Bonchev–Trinajstić information content (AvgIpc) is 2.00. The first-order valence-electron chi connectivity index (χ1n) is 3.48. The van der Waals surface area contributed by atoms with Crippen LogP contribution in [0.2, 0.25) is 0 Å². The quantitative estimate of drug-likeness (QED) is 0.515. The van der Waals surface area contributed by atoms with Gasteiger partial charge in [0.2, 0.25) is 0 Å². The highest BCUT2D eigenvalue weighted by molar-refractivity contribution is 5.82. The molecule has 0 amide bonds. The summed E-state index contributed by atoms with van der Waals surface area (Å²) in [5.74, 6) is 0.